The van der Waals surface area contributed by atoms with Gasteiger partial charge >= 0.3 is 0 Å². The van der Waals surface area contributed by atoms with Crippen molar-refractivity contribution in [2.24, 2.45) is 11.7 Å². The molecule has 1 aliphatic carbocycles. The van der Waals surface area contributed by atoms with Crippen LogP contribution in [0.2, 0.25) is 0 Å². The highest BCUT2D eigenvalue weighted by molar-refractivity contribution is 7.89. The number of sulfonamides is 1. The Kier molecular flexibility index (Phi) is 5.69. The maximum absolute atomic E-state index is 12.9. The predicted octanol–water partition coefficient (Wildman–Crippen LogP) is 1.03. The van der Waals surface area contributed by atoms with Crippen molar-refractivity contribution in [2.75, 3.05) is 26.2 Å². The second-order valence-electron chi connectivity index (χ2n) is 7.35. The zero-order valence-corrected chi connectivity index (χ0v) is 16.3. The van der Waals surface area contributed by atoms with Gasteiger partial charge in [0, 0.05) is 38.6 Å². The lowest BCUT2D eigenvalue weighted by atomic mass is 9.99. The molecule has 146 valence electrons. The van der Waals surface area contributed by atoms with Crippen LogP contribution in [0.4, 0.5) is 0 Å². The van der Waals surface area contributed by atoms with Crippen LogP contribution in [-0.2, 0) is 14.8 Å². The van der Waals surface area contributed by atoms with Crippen LogP contribution in [0, 0.1) is 19.8 Å². The van der Waals surface area contributed by atoms with Crippen molar-refractivity contribution in [2.45, 2.75) is 56.9 Å². The summed E-state index contributed by atoms with van der Waals surface area (Å²) in [5.74, 6) is 0.645. The first kappa shape index (κ1) is 19.3. The van der Waals surface area contributed by atoms with E-state index in [1.807, 2.05) is 0 Å². The molecule has 0 spiro atoms. The Hall–Kier alpha value is -1.45. The molecule has 1 saturated carbocycles. The molecule has 1 saturated heterocycles. The van der Waals surface area contributed by atoms with Crippen LogP contribution in [0.3, 0.4) is 0 Å². The summed E-state index contributed by atoms with van der Waals surface area (Å²) in [6.45, 7) is 4.89. The number of hydrogen-bond acceptors (Lipinski definition) is 6. The van der Waals surface area contributed by atoms with Gasteiger partial charge in [-0.3, -0.25) is 4.79 Å². The summed E-state index contributed by atoms with van der Waals surface area (Å²) in [4.78, 5) is 14.6. The molecule has 1 aromatic rings. The fraction of sp³-hybridized carbons (Fsp3) is 0.765. The molecule has 0 bridgehead atoms. The highest BCUT2D eigenvalue weighted by Crippen LogP contribution is 2.28. The first-order chi connectivity index (χ1) is 12.3. The fourth-order valence-corrected chi connectivity index (χ4v) is 5.79. The summed E-state index contributed by atoms with van der Waals surface area (Å²) in [5, 5.41) is 3.75. The van der Waals surface area contributed by atoms with Gasteiger partial charge in [-0.05, 0) is 39.0 Å². The Morgan fingerprint density at radius 3 is 2.58 bits per heavy atom. The van der Waals surface area contributed by atoms with Gasteiger partial charge < -0.3 is 15.2 Å². The fourth-order valence-electron chi connectivity index (χ4n) is 4.03. The van der Waals surface area contributed by atoms with Gasteiger partial charge in [0.2, 0.25) is 15.9 Å². The van der Waals surface area contributed by atoms with Gasteiger partial charge in [-0.15, -0.1) is 0 Å². The lowest BCUT2D eigenvalue weighted by Gasteiger charge is -2.24. The molecular weight excluding hydrogens is 356 g/mol. The number of rotatable bonds is 4. The van der Waals surface area contributed by atoms with E-state index >= 15 is 0 Å². The molecule has 2 atom stereocenters. The van der Waals surface area contributed by atoms with E-state index in [9.17, 15) is 13.2 Å². The van der Waals surface area contributed by atoms with Crippen LogP contribution < -0.4 is 5.73 Å². The van der Waals surface area contributed by atoms with Gasteiger partial charge in [-0.25, -0.2) is 8.42 Å². The minimum atomic E-state index is -3.66. The number of nitrogens with two attached hydrogens (primary N) is 1. The third kappa shape index (κ3) is 3.79. The van der Waals surface area contributed by atoms with Crippen molar-refractivity contribution in [3.63, 3.8) is 0 Å². The number of amides is 1. The standard InChI is InChI=1S/C17H28N4O4S/c1-12-17(13(2)25-19-12)26(23,24)21-8-4-7-20(9-10-21)16(22)11-14-5-3-6-15(14)18/h14-15H,3-11,18H2,1-2H3/t14-,15+/m0/s1. The van der Waals surface area contributed by atoms with E-state index in [1.165, 1.54) is 4.31 Å². The SMILES string of the molecule is Cc1noc(C)c1S(=O)(=O)N1CCCN(C(=O)C[C@@H]2CCC[C@H]2N)CC1. The first-order valence-electron chi connectivity index (χ1n) is 9.27. The van der Waals surface area contributed by atoms with Crippen LogP contribution in [0.1, 0.15) is 43.6 Å². The number of nitrogens with zero attached hydrogens (tertiary/aromatic N) is 3. The second kappa shape index (κ2) is 7.66. The molecule has 1 aliphatic heterocycles. The van der Waals surface area contributed by atoms with E-state index in [-0.39, 0.29) is 29.3 Å². The Morgan fingerprint density at radius 2 is 1.96 bits per heavy atom. The predicted molar refractivity (Wildman–Crippen MR) is 95.9 cm³/mol. The van der Waals surface area contributed by atoms with Crippen LogP contribution in [0.25, 0.3) is 0 Å². The zero-order valence-electron chi connectivity index (χ0n) is 15.5. The summed E-state index contributed by atoms with van der Waals surface area (Å²) in [5.41, 5.74) is 6.45. The Bertz CT molecular complexity index is 741. The minimum Gasteiger partial charge on any atom is -0.360 e. The first-order valence-corrected chi connectivity index (χ1v) is 10.7. The quantitative estimate of drug-likeness (QED) is 0.830. The number of hydrogen-bond donors (Lipinski definition) is 1. The maximum Gasteiger partial charge on any atom is 0.248 e. The Labute approximate surface area is 154 Å². The molecule has 9 heteroatoms. The van der Waals surface area contributed by atoms with Crippen molar-refractivity contribution in [1.29, 1.82) is 0 Å². The molecule has 2 heterocycles. The topological polar surface area (TPSA) is 110 Å². The lowest BCUT2D eigenvalue weighted by Crippen LogP contribution is -2.39. The van der Waals surface area contributed by atoms with E-state index in [4.69, 9.17) is 10.3 Å². The molecular formula is C17H28N4O4S. The third-order valence-electron chi connectivity index (χ3n) is 5.53. The molecule has 2 fully saturated rings. The summed E-state index contributed by atoms with van der Waals surface area (Å²) < 4.78 is 32.3. The summed E-state index contributed by atoms with van der Waals surface area (Å²) >= 11 is 0. The van der Waals surface area contributed by atoms with E-state index in [0.717, 1.165) is 19.3 Å². The van der Waals surface area contributed by atoms with E-state index < -0.39 is 10.0 Å². The van der Waals surface area contributed by atoms with Gasteiger partial charge in [0.05, 0.1) is 0 Å². The molecule has 26 heavy (non-hydrogen) atoms. The van der Waals surface area contributed by atoms with E-state index in [2.05, 4.69) is 5.16 Å². The maximum atomic E-state index is 12.9. The lowest BCUT2D eigenvalue weighted by molar-refractivity contribution is -0.132. The van der Waals surface area contributed by atoms with Crippen LogP contribution in [-0.4, -0.2) is 60.9 Å². The smallest absolute Gasteiger partial charge is 0.248 e. The van der Waals surface area contributed by atoms with Gasteiger partial charge in [-0.2, -0.15) is 4.31 Å². The molecule has 0 radical (unpaired) electrons. The van der Waals surface area contributed by atoms with Crippen molar-refractivity contribution < 1.29 is 17.7 Å². The van der Waals surface area contributed by atoms with Crippen LogP contribution in [0.5, 0.6) is 0 Å². The highest BCUT2D eigenvalue weighted by atomic mass is 32.2. The van der Waals surface area contributed by atoms with Gasteiger partial charge in [0.15, 0.2) is 5.76 Å². The number of carbonyl (C=O) groups excluding carboxylic acids is 1. The largest absolute Gasteiger partial charge is 0.360 e. The molecule has 2 aliphatic rings. The molecule has 0 aromatic carbocycles. The van der Waals surface area contributed by atoms with Crippen LogP contribution in [0.15, 0.2) is 9.42 Å². The molecule has 3 rings (SSSR count). The molecule has 0 unspecified atom stereocenters. The van der Waals surface area contributed by atoms with Gasteiger partial charge in [0.1, 0.15) is 10.6 Å². The normalized spacial score (nSPS) is 25.4. The second-order valence-corrected chi connectivity index (χ2v) is 9.23. The van der Waals surface area contributed by atoms with Crippen molar-refractivity contribution in [3.05, 3.63) is 11.5 Å². The average Bonchev–Trinajstić information content (AvgIpc) is 3.03. The number of aromatic nitrogens is 1. The van der Waals surface area contributed by atoms with Crippen molar-refractivity contribution >= 4 is 15.9 Å². The third-order valence-corrected chi connectivity index (χ3v) is 7.67. The van der Waals surface area contributed by atoms with E-state index in [1.54, 1.807) is 18.7 Å². The average molecular weight is 385 g/mol. The zero-order chi connectivity index (χ0) is 18.9. The molecule has 2 N–H and O–H groups in total. The summed E-state index contributed by atoms with van der Waals surface area (Å²) in [6.07, 6.45) is 4.17. The van der Waals surface area contributed by atoms with Crippen molar-refractivity contribution in [3.8, 4) is 0 Å². The Balaban J connectivity index is 1.65. The Morgan fingerprint density at radius 1 is 1.19 bits per heavy atom. The molecule has 8 nitrogen and oxygen atoms in total. The monoisotopic (exact) mass is 384 g/mol. The summed E-state index contributed by atoms with van der Waals surface area (Å²) in [7, 11) is -3.66. The molecule has 1 amide bonds. The van der Waals surface area contributed by atoms with E-state index in [0.29, 0.717) is 43.9 Å². The number of aryl methyl sites for hydroxylation is 2. The van der Waals surface area contributed by atoms with Crippen LogP contribution >= 0.6 is 0 Å². The minimum absolute atomic E-state index is 0.0870. The van der Waals surface area contributed by atoms with Crippen molar-refractivity contribution in [1.82, 2.24) is 14.4 Å². The number of carbonyl (C=O) groups is 1. The van der Waals surface area contributed by atoms with Gasteiger partial charge in [0.25, 0.3) is 0 Å². The summed E-state index contributed by atoms with van der Waals surface area (Å²) in [6, 6.07) is 0.113. The highest BCUT2D eigenvalue weighted by Gasteiger charge is 2.34. The molecule has 1 aromatic heterocycles. The van der Waals surface area contributed by atoms with Gasteiger partial charge in [-0.1, -0.05) is 11.6 Å².